The van der Waals surface area contributed by atoms with Crippen molar-refractivity contribution in [2.45, 2.75) is 69.7 Å². The van der Waals surface area contributed by atoms with Gasteiger partial charge in [0.05, 0.1) is 23.9 Å². The van der Waals surface area contributed by atoms with Crippen LogP contribution in [0.5, 0.6) is 0 Å². The van der Waals surface area contributed by atoms with Gasteiger partial charge in [-0.25, -0.2) is 0 Å². The third-order valence-corrected chi connectivity index (χ3v) is 4.49. The van der Waals surface area contributed by atoms with E-state index in [1.54, 1.807) is 0 Å². The Morgan fingerprint density at radius 1 is 1.33 bits per heavy atom. The monoisotopic (exact) mass is 249 g/mol. The Labute approximate surface area is 108 Å². The normalized spacial score (nSPS) is 26.8. The lowest BCUT2D eigenvalue weighted by Gasteiger charge is -2.33. The van der Waals surface area contributed by atoms with Crippen LogP contribution in [0.4, 0.5) is 0 Å². The van der Waals surface area contributed by atoms with Crippen molar-refractivity contribution in [2.24, 2.45) is 5.73 Å². The topological polar surface area (TPSA) is 53.1 Å². The van der Waals surface area contributed by atoms with Crippen LogP contribution in [0.3, 0.4) is 0 Å². The van der Waals surface area contributed by atoms with Gasteiger partial charge in [-0.1, -0.05) is 19.3 Å². The molecule has 1 spiro atoms. The molecule has 1 aliphatic heterocycles. The third-order valence-electron chi connectivity index (χ3n) is 4.49. The summed E-state index contributed by atoms with van der Waals surface area (Å²) in [5, 5.41) is 4.34. The van der Waals surface area contributed by atoms with Crippen molar-refractivity contribution in [1.29, 1.82) is 0 Å². The van der Waals surface area contributed by atoms with E-state index in [1.807, 2.05) is 16.9 Å². The molecule has 2 N–H and O–H groups in total. The molecule has 0 amide bonds. The van der Waals surface area contributed by atoms with Crippen molar-refractivity contribution in [3.8, 4) is 0 Å². The second-order valence-corrected chi connectivity index (χ2v) is 5.73. The summed E-state index contributed by atoms with van der Waals surface area (Å²) in [6, 6.07) is 1.99. The number of aromatic nitrogens is 2. The molecule has 4 heteroatoms. The van der Waals surface area contributed by atoms with Crippen LogP contribution in [0.25, 0.3) is 0 Å². The van der Waals surface area contributed by atoms with Crippen LogP contribution in [0.1, 0.15) is 50.6 Å². The van der Waals surface area contributed by atoms with Crippen LogP contribution < -0.4 is 5.73 Å². The maximum atomic E-state index is 6.36. The van der Waals surface area contributed by atoms with Crippen LogP contribution >= 0.6 is 0 Å². The SMILES string of the molecule is NCc1ccnn1CC1CCC2(CCCCC2)O1. The Bertz CT molecular complexity index is 395. The number of hydrogen-bond donors (Lipinski definition) is 1. The van der Waals surface area contributed by atoms with Crippen LogP contribution in [-0.2, 0) is 17.8 Å². The molecule has 2 fully saturated rings. The Morgan fingerprint density at radius 3 is 2.94 bits per heavy atom. The molecule has 0 radical (unpaired) electrons. The molecule has 1 atom stereocenters. The molecule has 1 aromatic heterocycles. The predicted octanol–water partition coefficient (Wildman–Crippen LogP) is 2.22. The van der Waals surface area contributed by atoms with Gasteiger partial charge in [0.25, 0.3) is 0 Å². The lowest BCUT2D eigenvalue weighted by Crippen LogP contribution is -2.32. The molecule has 100 valence electrons. The average molecular weight is 249 g/mol. The first-order valence-electron chi connectivity index (χ1n) is 7.20. The van der Waals surface area contributed by atoms with E-state index in [9.17, 15) is 0 Å². The molecule has 0 aromatic carbocycles. The van der Waals surface area contributed by atoms with E-state index in [4.69, 9.17) is 10.5 Å². The minimum atomic E-state index is 0.207. The van der Waals surface area contributed by atoms with Crippen molar-refractivity contribution in [3.63, 3.8) is 0 Å². The van der Waals surface area contributed by atoms with Crippen molar-refractivity contribution in [3.05, 3.63) is 18.0 Å². The Kier molecular flexibility index (Phi) is 3.39. The number of ether oxygens (including phenoxy) is 1. The van der Waals surface area contributed by atoms with Crippen LogP contribution in [0.15, 0.2) is 12.3 Å². The van der Waals surface area contributed by atoms with Crippen LogP contribution in [-0.4, -0.2) is 21.5 Å². The first kappa shape index (κ1) is 12.2. The zero-order chi connectivity index (χ0) is 12.4. The summed E-state index contributed by atoms with van der Waals surface area (Å²) in [7, 11) is 0. The highest BCUT2D eigenvalue weighted by Gasteiger charge is 2.40. The second-order valence-electron chi connectivity index (χ2n) is 5.73. The second kappa shape index (κ2) is 5.02. The van der Waals surface area contributed by atoms with Gasteiger partial charge < -0.3 is 10.5 Å². The fourth-order valence-corrected chi connectivity index (χ4v) is 3.48. The highest BCUT2D eigenvalue weighted by molar-refractivity contribution is 5.00. The van der Waals surface area contributed by atoms with E-state index in [-0.39, 0.29) is 5.60 Å². The quantitative estimate of drug-likeness (QED) is 0.893. The Morgan fingerprint density at radius 2 is 2.17 bits per heavy atom. The molecular weight excluding hydrogens is 226 g/mol. The number of hydrogen-bond acceptors (Lipinski definition) is 3. The van der Waals surface area contributed by atoms with Gasteiger partial charge in [-0.15, -0.1) is 0 Å². The molecule has 1 aliphatic carbocycles. The molecule has 1 unspecified atom stereocenters. The molecule has 18 heavy (non-hydrogen) atoms. The fourth-order valence-electron chi connectivity index (χ4n) is 3.48. The largest absolute Gasteiger partial charge is 0.370 e. The molecule has 2 aliphatic rings. The van der Waals surface area contributed by atoms with Crippen LogP contribution in [0, 0.1) is 0 Å². The molecule has 1 saturated heterocycles. The summed E-state index contributed by atoms with van der Waals surface area (Å²) in [6.45, 7) is 1.42. The van der Waals surface area contributed by atoms with Crippen molar-refractivity contribution in [2.75, 3.05) is 0 Å². The number of nitrogens with two attached hydrogens (primary N) is 1. The fraction of sp³-hybridized carbons (Fsp3) is 0.786. The lowest BCUT2D eigenvalue weighted by molar-refractivity contribution is -0.0690. The molecule has 3 rings (SSSR count). The number of rotatable bonds is 3. The van der Waals surface area contributed by atoms with Gasteiger partial charge in [0.1, 0.15) is 0 Å². The van der Waals surface area contributed by atoms with Crippen molar-refractivity contribution >= 4 is 0 Å². The molecule has 1 aromatic rings. The zero-order valence-corrected chi connectivity index (χ0v) is 11.0. The van der Waals surface area contributed by atoms with Crippen molar-refractivity contribution < 1.29 is 4.74 Å². The van der Waals surface area contributed by atoms with Gasteiger partial charge in [0.2, 0.25) is 0 Å². The smallest absolute Gasteiger partial charge is 0.0779 e. The summed E-state index contributed by atoms with van der Waals surface area (Å²) in [5.41, 5.74) is 7.01. The standard InChI is InChI=1S/C14H23N3O/c15-10-12-5-9-16-17(12)11-13-4-8-14(18-13)6-2-1-3-7-14/h5,9,13H,1-4,6-8,10-11,15H2. The van der Waals surface area contributed by atoms with E-state index < -0.39 is 0 Å². The summed E-state index contributed by atoms with van der Waals surface area (Å²) >= 11 is 0. The maximum absolute atomic E-state index is 6.36. The van der Waals surface area contributed by atoms with Gasteiger partial charge >= 0.3 is 0 Å². The van der Waals surface area contributed by atoms with E-state index in [0.717, 1.165) is 12.2 Å². The maximum Gasteiger partial charge on any atom is 0.0779 e. The van der Waals surface area contributed by atoms with Gasteiger partial charge in [0, 0.05) is 12.7 Å². The first-order chi connectivity index (χ1) is 8.81. The van der Waals surface area contributed by atoms with E-state index in [1.165, 1.54) is 44.9 Å². The molecular formula is C14H23N3O. The van der Waals surface area contributed by atoms with Gasteiger partial charge in [-0.2, -0.15) is 5.10 Å². The highest BCUT2D eigenvalue weighted by atomic mass is 16.5. The number of nitrogens with zero attached hydrogens (tertiary/aromatic N) is 2. The summed E-state index contributed by atoms with van der Waals surface area (Å²) in [5.74, 6) is 0. The van der Waals surface area contributed by atoms with E-state index in [2.05, 4.69) is 5.10 Å². The summed E-state index contributed by atoms with van der Waals surface area (Å²) < 4.78 is 8.37. The minimum absolute atomic E-state index is 0.207. The molecule has 1 saturated carbocycles. The zero-order valence-electron chi connectivity index (χ0n) is 11.0. The Hall–Kier alpha value is -0.870. The predicted molar refractivity (Wildman–Crippen MR) is 70.0 cm³/mol. The van der Waals surface area contributed by atoms with Gasteiger partial charge in [-0.05, 0) is 31.7 Å². The molecule has 0 bridgehead atoms. The molecule has 4 nitrogen and oxygen atoms in total. The van der Waals surface area contributed by atoms with E-state index >= 15 is 0 Å². The van der Waals surface area contributed by atoms with Crippen LogP contribution in [0.2, 0.25) is 0 Å². The average Bonchev–Trinajstić information content (AvgIpc) is 2.99. The molecule has 2 heterocycles. The minimum Gasteiger partial charge on any atom is -0.370 e. The first-order valence-corrected chi connectivity index (χ1v) is 7.20. The lowest BCUT2D eigenvalue weighted by atomic mass is 9.83. The summed E-state index contributed by atoms with van der Waals surface area (Å²) in [4.78, 5) is 0. The van der Waals surface area contributed by atoms with Gasteiger partial charge in [0.15, 0.2) is 0 Å². The third kappa shape index (κ3) is 2.31. The van der Waals surface area contributed by atoms with Gasteiger partial charge in [-0.3, -0.25) is 4.68 Å². The Balaban J connectivity index is 1.62. The van der Waals surface area contributed by atoms with Crippen molar-refractivity contribution in [1.82, 2.24) is 9.78 Å². The highest BCUT2D eigenvalue weighted by Crippen LogP contribution is 2.42. The van der Waals surface area contributed by atoms with E-state index in [0.29, 0.717) is 12.6 Å². The summed E-state index contributed by atoms with van der Waals surface area (Å²) in [6.07, 6.45) is 11.1.